The molecule has 0 saturated carbocycles. The van der Waals surface area contributed by atoms with Crippen molar-refractivity contribution in [3.05, 3.63) is 75.1 Å². The molecule has 0 fully saturated rings. The van der Waals surface area contributed by atoms with Gasteiger partial charge in [-0.3, -0.25) is 0 Å². The molecule has 0 unspecified atom stereocenters. The van der Waals surface area contributed by atoms with E-state index in [1.807, 2.05) is 6.07 Å². The van der Waals surface area contributed by atoms with Gasteiger partial charge in [0.25, 0.3) is 0 Å². The highest BCUT2D eigenvalue weighted by atomic mass is 14.6. The van der Waals surface area contributed by atoms with Gasteiger partial charge in [-0.15, -0.1) is 0 Å². The highest BCUT2D eigenvalue weighted by molar-refractivity contribution is 5.85. The molecule has 0 bridgehead atoms. The second kappa shape index (κ2) is 6.63. The fourth-order valence-electron chi connectivity index (χ4n) is 5.01. The van der Waals surface area contributed by atoms with Crippen LogP contribution in [0.3, 0.4) is 0 Å². The summed E-state index contributed by atoms with van der Waals surface area (Å²) in [7, 11) is 0. The van der Waals surface area contributed by atoms with E-state index in [0.29, 0.717) is 0 Å². The maximum Gasteiger partial charge on any atom is 0.187 e. The number of allylic oxidation sites excluding steroid dienone is 1. The van der Waals surface area contributed by atoms with E-state index in [4.69, 9.17) is 6.57 Å². The van der Waals surface area contributed by atoms with E-state index in [0.717, 1.165) is 18.5 Å². The number of hydrogen-bond acceptors (Lipinski definition) is 0. The van der Waals surface area contributed by atoms with Crippen molar-refractivity contribution in [1.29, 1.82) is 0 Å². The summed E-state index contributed by atoms with van der Waals surface area (Å²) >= 11 is 0. The number of fused-ring (bicyclic) bond motifs is 2. The van der Waals surface area contributed by atoms with E-state index >= 15 is 0 Å². The topological polar surface area (TPSA) is 4.36 Å². The molecule has 28 heavy (non-hydrogen) atoms. The average molecular weight is 370 g/mol. The molecule has 2 aromatic rings. The van der Waals surface area contributed by atoms with Crippen LogP contribution in [0.5, 0.6) is 0 Å². The molecule has 0 amide bonds. The van der Waals surface area contributed by atoms with Gasteiger partial charge in [-0.25, -0.2) is 4.85 Å². The first-order valence-corrected chi connectivity index (χ1v) is 10.6. The molecule has 2 aliphatic carbocycles. The van der Waals surface area contributed by atoms with Gasteiger partial charge in [0.2, 0.25) is 0 Å². The van der Waals surface area contributed by atoms with E-state index in [2.05, 4.69) is 69.8 Å². The lowest BCUT2D eigenvalue weighted by Crippen LogP contribution is -2.34. The van der Waals surface area contributed by atoms with Gasteiger partial charge in [-0.1, -0.05) is 69.7 Å². The zero-order chi connectivity index (χ0) is 20.1. The minimum atomic E-state index is 0.237. The number of hydrogen-bond donors (Lipinski definition) is 0. The van der Waals surface area contributed by atoms with Gasteiger partial charge in [-0.05, 0) is 83.2 Å². The van der Waals surface area contributed by atoms with Crippen molar-refractivity contribution in [3.63, 3.8) is 0 Å². The zero-order valence-electron chi connectivity index (χ0n) is 17.9. The fraction of sp³-hybridized carbons (Fsp3) is 0.444. The molecular formula is C27H31N. The van der Waals surface area contributed by atoms with E-state index in [9.17, 15) is 0 Å². The van der Waals surface area contributed by atoms with Crippen LogP contribution in [0.25, 0.3) is 16.5 Å². The summed E-state index contributed by atoms with van der Waals surface area (Å²) in [5.41, 5.74) is 11.2. The van der Waals surface area contributed by atoms with E-state index in [-0.39, 0.29) is 10.8 Å². The number of rotatable bonds is 1. The van der Waals surface area contributed by atoms with E-state index < -0.39 is 0 Å². The summed E-state index contributed by atoms with van der Waals surface area (Å²) < 4.78 is 0. The van der Waals surface area contributed by atoms with Crippen molar-refractivity contribution >= 4 is 17.3 Å². The van der Waals surface area contributed by atoms with Gasteiger partial charge in [0, 0.05) is 0 Å². The Morgan fingerprint density at radius 2 is 1.61 bits per heavy atom. The van der Waals surface area contributed by atoms with E-state index in [1.165, 1.54) is 58.2 Å². The Labute approximate surface area is 170 Å². The molecule has 4 rings (SSSR count). The van der Waals surface area contributed by atoms with Crippen LogP contribution in [0.4, 0.5) is 5.69 Å². The Bertz CT molecular complexity index is 1010. The van der Waals surface area contributed by atoms with Crippen molar-refractivity contribution in [3.8, 4) is 0 Å². The van der Waals surface area contributed by atoms with Crippen LogP contribution < -0.4 is 0 Å². The third kappa shape index (κ3) is 3.20. The standard InChI is InChI=1S/C27H31N/c1-18-14-24-25(27(4,5)13-12-26(24,2)3)17-21(18)15-19-8-7-9-20-16-22(28-6)10-11-23(19)20/h10-11,14-17H,7-9,12-13H2,1-5H3/b19-15-. The van der Waals surface area contributed by atoms with Crippen molar-refractivity contribution < 1.29 is 0 Å². The number of benzene rings is 2. The molecule has 0 radical (unpaired) electrons. The lowest BCUT2D eigenvalue weighted by molar-refractivity contribution is 0.331. The second-order valence-corrected chi connectivity index (χ2v) is 10.00. The third-order valence-electron chi connectivity index (χ3n) is 7.03. The Kier molecular flexibility index (Phi) is 4.50. The maximum atomic E-state index is 7.29. The van der Waals surface area contributed by atoms with Gasteiger partial charge in [0.05, 0.1) is 6.57 Å². The molecule has 144 valence electrons. The van der Waals surface area contributed by atoms with Gasteiger partial charge in [-0.2, -0.15) is 0 Å². The summed E-state index contributed by atoms with van der Waals surface area (Å²) in [6.07, 6.45) is 8.29. The highest BCUT2D eigenvalue weighted by Gasteiger charge is 2.37. The van der Waals surface area contributed by atoms with Crippen LogP contribution in [0.1, 0.15) is 86.8 Å². The van der Waals surface area contributed by atoms with Crippen LogP contribution in [-0.2, 0) is 17.3 Å². The second-order valence-electron chi connectivity index (χ2n) is 10.00. The molecule has 0 spiro atoms. The lowest BCUT2D eigenvalue weighted by Gasteiger charge is -2.42. The fourth-order valence-corrected chi connectivity index (χ4v) is 5.01. The van der Waals surface area contributed by atoms with Gasteiger partial charge >= 0.3 is 0 Å². The summed E-state index contributed by atoms with van der Waals surface area (Å²) in [6, 6.07) is 11.1. The van der Waals surface area contributed by atoms with Crippen molar-refractivity contribution in [2.75, 3.05) is 0 Å². The maximum absolute atomic E-state index is 7.29. The molecule has 2 aromatic carbocycles. The van der Waals surface area contributed by atoms with Crippen LogP contribution in [0.15, 0.2) is 30.3 Å². The van der Waals surface area contributed by atoms with Crippen LogP contribution in [0.2, 0.25) is 0 Å². The Balaban J connectivity index is 1.83. The SMILES string of the molecule is [C-]#[N+]c1ccc2c(c1)CCC/C2=C/c1cc2c(cc1C)C(C)(C)CCC2(C)C. The predicted molar refractivity (Wildman–Crippen MR) is 120 cm³/mol. The van der Waals surface area contributed by atoms with Crippen molar-refractivity contribution in [1.82, 2.24) is 0 Å². The van der Waals surface area contributed by atoms with E-state index in [1.54, 1.807) is 0 Å². The largest absolute Gasteiger partial charge is 0.238 e. The van der Waals surface area contributed by atoms with Crippen molar-refractivity contribution in [2.45, 2.75) is 77.6 Å². The minimum Gasteiger partial charge on any atom is -0.238 e. The first-order valence-electron chi connectivity index (χ1n) is 10.6. The summed E-state index contributed by atoms with van der Waals surface area (Å²) in [5.74, 6) is 0. The molecule has 1 heteroatoms. The first-order chi connectivity index (χ1) is 13.2. The van der Waals surface area contributed by atoms with Crippen LogP contribution in [0, 0.1) is 13.5 Å². The molecular weight excluding hydrogens is 338 g/mol. The quantitative estimate of drug-likeness (QED) is 0.452. The van der Waals surface area contributed by atoms with Crippen molar-refractivity contribution in [2.24, 2.45) is 0 Å². The van der Waals surface area contributed by atoms with Gasteiger partial charge < -0.3 is 0 Å². The molecule has 0 N–H and O–H groups in total. The molecule has 0 saturated heterocycles. The van der Waals surface area contributed by atoms with Crippen LogP contribution in [-0.4, -0.2) is 0 Å². The molecule has 2 aliphatic rings. The monoisotopic (exact) mass is 369 g/mol. The number of aryl methyl sites for hydroxylation is 2. The summed E-state index contributed by atoms with van der Waals surface area (Å²) in [4.78, 5) is 3.61. The molecule has 0 aliphatic heterocycles. The zero-order valence-corrected chi connectivity index (χ0v) is 17.9. The summed E-state index contributed by atoms with van der Waals surface area (Å²) in [5, 5.41) is 0. The minimum absolute atomic E-state index is 0.237. The third-order valence-corrected chi connectivity index (χ3v) is 7.03. The van der Waals surface area contributed by atoms with Gasteiger partial charge in [0.1, 0.15) is 0 Å². The smallest absolute Gasteiger partial charge is 0.187 e. The Morgan fingerprint density at radius 1 is 0.929 bits per heavy atom. The molecule has 1 nitrogen and oxygen atoms in total. The summed E-state index contributed by atoms with van der Waals surface area (Å²) in [6.45, 7) is 19.1. The average Bonchev–Trinajstić information content (AvgIpc) is 2.66. The van der Waals surface area contributed by atoms with Crippen LogP contribution >= 0.6 is 0 Å². The molecule has 0 heterocycles. The highest BCUT2D eigenvalue weighted by Crippen LogP contribution is 2.47. The van der Waals surface area contributed by atoms with Gasteiger partial charge in [0.15, 0.2) is 5.69 Å². The Morgan fingerprint density at radius 3 is 2.29 bits per heavy atom. The Hall–Kier alpha value is -2.33. The molecule has 0 aromatic heterocycles. The molecule has 0 atom stereocenters. The lowest BCUT2D eigenvalue weighted by atomic mass is 9.62. The first kappa shape index (κ1) is 19.0. The number of nitrogens with zero attached hydrogens (tertiary/aromatic N) is 1. The predicted octanol–water partition coefficient (Wildman–Crippen LogP) is 7.77. The normalized spacial score (nSPS) is 20.9.